The van der Waals surface area contributed by atoms with Gasteiger partial charge in [-0.05, 0) is 37.0 Å². The first kappa shape index (κ1) is 23.1. The highest BCUT2D eigenvalue weighted by Gasteiger charge is 2.23. The maximum Gasteiger partial charge on any atom is 0.332 e. The van der Waals surface area contributed by atoms with Crippen LogP contribution in [0, 0.1) is 0 Å². The Kier molecular flexibility index (Phi) is 6.88. The number of rotatable bonds is 8. The molecule has 0 bridgehead atoms. The van der Waals surface area contributed by atoms with E-state index in [0.29, 0.717) is 22.9 Å². The van der Waals surface area contributed by atoms with E-state index in [2.05, 4.69) is 17.2 Å². The van der Waals surface area contributed by atoms with Gasteiger partial charge in [-0.2, -0.15) is 4.98 Å². The van der Waals surface area contributed by atoms with Gasteiger partial charge in [0, 0.05) is 20.1 Å². The summed E-state index contributed by atoms with van der Waals surface area (Å²) < 4.78 is 9.96. The van der Waals surface area contributed by atoms with Crippen molar-refractivity contribution in [2.75, 3.05) is 11.9 Å². The molecule has 1 atom stereocenters. The Morgan fingerprint density at radius 1 is 1.18 bits per heavy atom. The van der Waals surface area contributed by atoms with E-state index in [0.717, 1.165) is 42.2 Å². The summed E-state index contributed by atoms with van der Waals surface area (Å²) in [7, 11) is 3.06. The number of benzene rings is 1. The number of anilines is 1. The Labute approximate surface area is 192 Å². The Bertz CT molecular complexity index is 1240. The lowest BCUT2D eigenvalue weighted by molar-refractivity contribution is 0.0937. The maximum atomic E-state index is 13.0. The first-order chi connectivity index (χ1) is 15.9. The zero-order valence-corrected chi connectivity index (χ0v) is 19.6. The van der Waals surface area contributed by atoms with E-state index in [-0.39, 0.29) is 19.2 Å². The van der Waals surface area contributed by atoms with Crippen molar-refractivity contribution in [1.82, 2.24) is 18.7 Å². The fourth-order valence-corrected chi connectivity index (χ4v) is 4.48. The summed E-state index contributed by atoms with van der Waals surface area (Å²) in [4.78, 5) is 30.1. The van der Waals surface area contributed by atoms with Crippen molar-refractivity contribution >= 4 is 17.1 Å². The number of ether oxygens (including phenoxy) is 1. The highest BCUT2D eigenvalue weighted by atomic mass is 16.5. The molecule has 1 aromatic carbocycles. The molecule has 0 amide bonds. The SMILES string of the molecule is CCc1cccc(OC[C@@H](O)Cn2c(NC3CCCCC3)nc3c2c(=O)n(C)c(=O)n3C)c1. The summed E-state index contributed by atoms with van der Waals surface area (Å²) >= 11 is 0. The molecular formula is C24H33N5O4. The Balaban J connectivity index is 1.64. The van der Waals surface area contributed by atoms with E-state index in [1.165, 1.54) is 18.0 Å². The minimum Gasteiger partial charge on any atom is -0.491 e. The monoisotopic (exact) mass is 455 g/mol. The third-order valence-electron chi connectivity index (χ3n) is 6.43. The molecule has 1 aliphatic carbocycles. The van der Waals surface area contributed by atoms with Crippen LogP contribution in [0.2, 0.25) is 0 Å². The fraction of sp³-hybridized carbons (Fsp3) is 0.542. The van der Waals surface area contributed by atoms with E-state index in [1.807, 2.05) is 24.3 Å². The van der Waals surface area contributed by atoms with Gasteiger partial charge in [0.2, 0.25) is 5.95 Å². The molecule has 2 aromatic heterocycles. The van der Waals surface area contributed by atoms with Crippen LogP contribution in [0.15, 0.2) is 33.9 Å². The Morgan fingerprint density at radius 2 is 1.94 bits per heavy atom. The third kappa shape index (κ3) is 4.83. The quantitative estimate of drug-likeness (QED) is 0.540. The molecule has 178 valence electrons. The number of imidazole rings is 1. The second-order valence-corrected chi connectivity index (χ2v) is 8.87. The minimum atomic E-state index is -0.874. The van der Waals surface area contributed by atoms with Crippen molar-refractivity contribution in [2.45, 2.75) is 64.1 Å². The van der Waals surface area contributed by atoms with E-state index in [9.17, 15) is 14.7 Å². The molecule has 9 nitrogen and oxygen atoms in total. The zero-order chi connectivity index (χ0) is 23.5. The molecule has 1 fully saturated rings. The van der Waals surface area contributed by atoms with Gasteiger partial charge in [-0.1, -0.05) is 38.3 Å². The second kappa shape index (κ2) is 9.82. The molecule has 0 aliphatic heterocycles. The summed E-state index contributed by atoms with van der Waals surface area (Å²) in [6.45, 7) is 2.26. The van der Waals surface area contributed by atoms with Crippen LogP contribution in [-0.4, -0.2) is 42.5 Å². The lowest BCUT2D eigenvalue weighted by Gasteiger charge is -2.24. The third-order valence-corrected chi connectivity index (χ3v) is 6.43. The van der Waals surface area contributed by atoms with Gasteiger partial charge in [0.05, 0.1) is 6.54 Å². The van der Waals surface area contributed by atoms with Gasteiger partial charge in [0.25, 0.3) is 5.56 Å². The van der Waals surface area contributed by atoms with Crippen molar-refractivity contribution in [3.8, 4) is 5.75 Å². The van der Waals surface area contributed by atoms with Crippen LogP contribution in [0.3, 0.4) is 0 Å². The van der Waals surface area contributed by atoms with Gasteiger partial charge in [-0.15, -0.1) is 0 Å². The van der Waals surface area contributed by atoms with Crippen LogP contribution >= 0.6 is 0 Å². The van der Waals surface area contributed by atoms with Crippen molar-refractivity contribution in [1.29, 1.82) is 0 Å². The van der Waals surface area contributed by atoms with Gasteiger partial charge in [-0.25, -0.2) is 4.79 Å². The lowest BCUT2D eigenvalue weighted by atomic mass is 9.96. The number of nitrogens with zero attached hydrogens (tertiary/aromatic N) is 4. The molecule has 0 unspecified atom stereocenters. The summed E-state index contributed by atoms with van der Waals surface area (Å²) in [5.74, 6) is 1.20. The minimum absolute atomic E-state index is 0.0712. The number of hydrogen-bond donors (Lipinski definition) is 2. The molecule has 0 spiro atoms. The number of aryl methyl sites for hydroxylation is 2. The zero-order valence-electron chi connectivity index (χ0n) is 19.6. The number of aromatic nitrogens is 4. The van der Waals surface area contributed by atoms with Crippen LogP contribution in [0.25, 0.3) is 11.2 Å². The average Bonchev–Trinajstić information content (AvgIpc) is 3.18. The smallest absolute Gasteiger partial charge is 0.332 e. The van der Waals surface area contributed by atoms with Crippen LogP contribution in [0.1, 0.15) is 44.6 Å². The first-order valence-corrected chi connectivity index (χ1v) is 11.7. The number of nitrogens with one attached hydrogen (secondary N) is 1. The molecular weight excluding hydrogens is 422 g/mol. The van der Waals surface area contributed by atoms with Crippen molar-refractivity contribution in [3.63, 3.8) is 0 Å². The molecule has 9 heteroatoms. The summed E-state index contributed by atoms with van der Waals surface area (Å²) in [6.07, 6.45) is 5.59. The summed E-state index contributed by atoms with van der Waals surface area (Å²) in [5, 5.41) is 14.3. The van der Waals surface area contributed by atoms with Crippen molar-refractivity contribution in [2.24, 2.45) is 14.1 Å². The number of fused-ring (bicyclic) bond motifs is 1. The van der Waals surface area contributed by atoms with E-state index >= 15 is 0 Å². The highest BCUT2D eigenvalue weighted by molar-refractivity contribution is 5.74. The van der Waals surface area contributed by atoms with Gasteiger partial charge in [0.1, 0.15) is 18.5 Å². The van der Waals surface area contributed by atoms with Gasteiger partial charge < -0.3 is 19.7 Å². The van der Waals surface area contributed by atoms with E-state index in [1.54, 1.807) is 11.6 Å². The van der Waals surface area contributed by atoms with Crippen molar-refractivity contribution in [3.05, 3.63) is 50.7 Å². The lowest BCUT2D eigenvalue weighted by Crippen LogP contribution is -2.38. The number of hydrogen-bond acceptors (Lipinski definition) is 6. The highest BCUT2D eigenvalue weighted by Crippen LogP contribution is 2.24. The largest absolute Gasteiger partial charge is 0.491 e. The molecule has 2 N–H and O–H groups in total. The number of aliphatic hydroxyl groups is 1. The molecule has 3 aromatic rings. The van der Waals surface area contributed by atoms with Crippen molar-refractivity contribution < 1.29 is 9.84 Å². The molecule has 0 saturated heterocycles. The fourth-order valence-electron chi connectivity index (χ4n) is 4.48. The molecule has 33 heavy (non-hydrogen) atoms. The second-order valence-electron chi connectivity index (χ2n) is 8.87. The van der Waals surface area contributed by atoms with Crippen LogP contribution in [-0.2, 0) is 27.1 Å². The Morgan fingerprint density at radius 3 is 2.67 bits per heavy atom. The van der Waals surface area contributed by atoms with Gasteiger partial charge in [-0.3, -0.25) is 13.9 Å². The average molecular weight is 456 g/mol. The van der Waals surface area contributed by atoms with Gasteiger partial charge >= 0.3 is 5.69 Å². The normalized spacial score (nSPS) is 15.6. The van der Waals surface area contributed by atoms with Gasteiger partial charge in [0.15, 0.2) is 11.2 Å². The van der Waals surface area contributed by atoms with E-state index in [4.69, 9.17) is 4.74 Å². The topological polar surface area (TPSA) is 103 Å². The molecule has 0 radical (unpaired) electrons. The van der Waals surface area contributed by atoms with Crippen LogP contribution < -0.4 is 21.3 Å². The van der Waals surface area contributed by atoms with Crippen LogP contribution in [0.4, 0.5) is 5.95 Å². The summed E-state index contributed by atoms with van der Waals surface area (Å²) in [6, 6.07) is 8.03. The maximum absolute atomic E-state index is 13.0. The molecule has 4 rings (SSSR count). The molecule has 1 saturated carbocycles. The standard InChI is InChI=1S/C24H33N5O4/c1-4-16-9-8-12-19(13-16)33-15-18(30)14-29-20-21(27(2)24(32)28(3)22(20)31)26-23(29)25-17-10-6-5-7-11-17/h8-9,12-13,17-18,30H,4-7,10-11,14-15H2,1-3H3,(H,25,26)/t18-/m0/s1. The van der Waals surface area contributed by atoms with Crippen LogP contribution in [0.5, 0.6) is 5.75 Å². The summed E-state index contributed by atoms with van der Waals surface area (Å²) in [5.41, 5.74) is 0.906. The number of aliphatic hydroxyl groups excluding tert-OH is 1. The van der Waals surface area contributed by atoms with E-state index < -0.39 is 17.4 Å². The first-order valence-electron chi connectivity index (χ1n) is 11.7. The molecule has 2 heterocycles. The predicted octanol–water partition coefficient (Wildman–Crippen LogP) is 2.18. The Hall–Kier alpha value is -3.07. The predicted molar refractivity (Wildman–Crippen MR) is 128 cm³/mol. The molecule has 1 aliphatic rings.